The zero-order chi connectivity index (χ0) is 26.8. The van der Waals surface area contributed by atoms with E-state index in [1.807, 2.05) is 0 Å². The molecule has 0 aromatic rings. The first kappa shape index (κ1) is 41.8. The van der Waals surface area contributed by atoms with Crippen LogP contribution in [0.4, 0.5) is 4.79 Å². The molecule has 204 valence electrons. The summed E-state index contributed by atoms with van der Waals surface area (Å²) in [5, 5.41) is 24.1. The molecule has 0 aliphatic rings. The van der Waals surface area contributed by atoms with Crippen LogP contribution in [0.5, 0.6) is 0 Å². The molecule has 0 aromatic carbocycles. The number of urea groups is 1. The van der Waals surface area contributed by atoms with Crippen LogP contribution in [0.15, 0.2) is 11.6 Å². The molecule has 2 amide bonds. The largest absolute Gasteiger partial charge is 1.00 e. The van der Waals surface area contributed by atoms with Crippen molar-refractivity contribution in [3.63, 3.8) is 0 Å². The predicted octanol–water partition coefficient (Wildman–Crippen LogP) is -2.38. The van der Waals surface area contributed by atoms with E-state index in [0.717, 1.165) is 35.5 Å². The SMILES string of the molecule is C/C(=C\CSC[C@H](NC(=O)N(C)CC(=O)[O-])C(=O)[O-])CCCC(C)CCCC(C)CCCC(C)C.[Na+].[Na+]. The van der Waals surface area contributed by atoms with E-state index < -0.39 is 30.6 Å². The van der Waals surface area contributed by atoms with Crippen LogP contribution in [0.3, 0.4) is 0 Å². The minimum absolute atomic E-state index is 0. The third kappa shape index (κ3) is 25.0. The molecule has 10 heteroatoms. The second-order valence-corrected chi connectivity index (χ2v) is 11.6. The molecule has 0 saturated heterocycles. The topological polar surface area (TPSA) is 113 Å². The van der Waals surface area contributed by atoms with Crippen LogP contribution in [0.25, 0.3) is 0 Å². The summed E-state index contributed by atoms with van der Waals surface area (Å²) in [7, 11) is 1.26. The molecule has 7 nitrogen and oxygen atoms in total. The Kier molecular flexibility index (Phi) is 28.5. The van der Waals surface area contributed by atoms with E-state index in [2.05, 4.69) is 46.0 Å². The van der Waals surface area contributed by atoms with Crippen molar-refractivity contribution < 1.29 is 83.7 Å². The predicted molar refractivity (Wildman–Crippen MR) is 141 cm³/mol. The van der Waals surface area contributed by atoms with Gasteiger partial charge in [0.25, 0.3) is 0 Å². The molecule has 0 heterocycles. The number of carboxylic acids is 2. The summed E-state index contributed by atoms with van der Waals surface area (Å²) in [5.41, 5.74) is 1.28. The molecule has 0 aliphatic heterocycles. The Morgan fingerprint density at radius 3 is 1.89 bits per heavy atom. The summed E-state index contributed by atoms with van der Waals surface area (Å²) < 4.78 is 0. The van der Waals surface area contributed by atoms with Gasteiger partial charge in [0.1, 0.15) is 0 Å². The van der Waals surface area contributed by atoms with E-state index in [0.29, 0.717) is 5.75 Å². The van der Waals surface area contributed by atoms with Crippen LogP contribution >= 0.6 is 11.8 Å². The molecule has 0 rings (SSSR count). The molecular weight excluding hydrogens is 510 g/mol. The second-order valence-electron chi connectivity index (χ2n) is 10.5. The zero-order valence-corrected chi connectivity index (χ0v) is 29.6. The van der Waals surface area contributed by atoms with Crippen LogP contribution < -0.4 is 74.6 Å². The fourth-order valence-electron chi connectivity index (χ4n) is 3.89. The van der Waals surface area contributed by atoms with Gasteiger partial charge in [0, 0.05) is 18.6 Å². The number of carboxylic acid groups (broad SMARTS) is 2. The van der Waals surface area contributed by atoms with Gasteiger partial charge in [-0.25, -0.2) is 4.79 Å². The summed E-state index contributed by atoms with van der Waals surface area (Å²) in [6.45, 7) is 10.8. The van der Waals surface area contributed by atoms with Gasteiger partial charge in [-0.05, 0) is 37.5 Å². The maximum Gasteiger partial charge on any atom is 1.00 e. The Balaban J connectivity index is -0.00000578. The number of amides is 2. The van der Waals surface area contributed by atoms with Crippen LogP contribution in [0.2, 0.25) is 0 Å². The summed E-state index contributed by atoms with van der Waals surface area (Å²) in [5.74, 6) is 0.349. The minimum Gasteiger partial charge on any atom is -0.548 e. The van der Waals surface area contributed by atoms with Crippen LogP contribution in [0.1, 0.15) is 92.4 Å². The van der Waals surface area contributed by atoms with Crippen molar-refractivity contribution in [2.75, 3.05) is 25.1 Å². The van der Waals surface area contributed by atoms with Gasteiger partial charge in [0.05, 0.1) is 24.5 Å². The number of nitrogens with one attached hydrogen (secondary N) is 1. The molecule has 0 spiro atoms. The number of nitrogens with zero attached hydrogens (tertiary/aromatic N) is 1. The van der Waals surface area contributed by atoms with Crippen molar-refractivity contribution in [1.29, 1.82) is 0 Å². The van der Waals surface area contributed by atoms with E-state index in [1.54, 1.807) is 0 Å². The molecule has 1 N–H and O–H groups in total. The van der Waals surface area contributed by atoms with E-state index >= 15 is 0 Å². The van der Waals surface area contributed by atoms with Crippen molar-refractivity contribution in [3.05, 3.63) is 11.6 Å². The van der Waals surface area contributed by atoms with Gasteiger partial charge in [-0.1, -0.05) is 84.3 Å². The normalized spacial score (nSPS) is 13.6. The number of carbonyl (C=O) groups is 3. The Morgan fingerprint density at radius 2 is 1.41 bits per heavy atom. The molecular formula is C27H48N2Na2O5S. The quantitative estimate of drug-likeness (QED) is 0.102. The van der Waals surface area contributed by atoms with Gasteiger partial charge < -0.3 is 30.0 Å². The van der Waals surface area contributed by atoms with Gasteiger partial charge >= 0.3 is 65.1 Å². The van der Waals surface area contributed by atoms with Gasteiger partial charge in [0.15, 0.2) is 0 Å². The molecule has 3 atom stereocenters. The molecule has 0 aliphatic carbocycles. The van der Waals surface area contributed by atoms with E-state index in [-0.39, 0.29) is 64.9 Å². The first-order valence-electron chi connectivity index (χ1n) is 13.1. The fraction of sp³-hybridized carbons (Fsp3) is 0.815. The number of thioether (sulfide) groups is 1. The molecule has 0 aromatic heterocycles. The average molecular weight is 559 g/mol. The average Bonchev–Trinajstić information content (AvgIpc) is 2.74. The van der Waals surface area contributed by atoms with Crippen molar-refractivity contribution in [3.8, 4) is 0 Å². The Morgan fingerprint density at radius 1 is 0.892 bits per heavy atom. The smallest absolute Gasteiger partial charge is 0.548 e. The first-order valence-corrected chi connectivity index (χ1v) is 14.2. The van der Waals surface area contributed by atoms with Crippen molar-refractivity contribution in [2.45, 2.75) is 98.4 Å². The second kappa shape index (κ2) is 25.3. The summed E-state index contributed by atoms with van der Waals surface area (Å²) in [4.78, 5) is 34.6. The van der Waals surface area contributed by atoms with Gasteiger partial charge in [-0.2, -0.15) is 11.8 Å². The maximum atomic E-state index is 11.9. The maximum absolute atomic E-state index is 11.9. The number of allylic oxidation sites excluding steroid dienone is 1. The molecule has 0 bridgehead atoms. The number of rotatable bonds is 20. The van der Waals surface area contributed by atoms with E-state index in [4.69, 9.17) is 0 Å². The summed E-state index contributed by atoms with van der Waals surface area (Å²) in [6.07, 6.45) is 13.5. The molecule has 37 heavy (non-hydrogen) atoms. The number of aliphatic carboxylic acids is 2. The Hall–Kier alpha value is 0.300. The number of hydrogen-bond donors (Lipinski definition) is 1. The Bertz CT molecular complexity index is 665. The minimum atomic E-state index is -1.42. The van der Waals surface area contributed by atoms with E-state index in [9.17, 15) is 24.6 Å². The van der Waals surface area contributed by atoms with Crippen LogP contribution in [-0.2, 0) is 9.59 Å². The third-order valence-electron chi connectivity index (χ3n) is 6.27. The first-order chi connectivity index (χ1) is 16.4. The molecule has 0 saturated carbocycles. The van der Waals surface area contributed by atoms with Gasteiger partial charge in [-0.3, -0.25) is 0 Å². The molecule has 0 radical (unpaired) electrons. The van der Waals surface area contributed by atoms with Crippen molar-refractivity contribution in [1.82, 2.24) is 10.2 Å². The third-order valence-corrected chi connectivity index (χ3v) is 7.24. The Labute approximate surface area is 274 Å². The van der Waals surface area contributed by atoms with Gasteiger partial charge in [-0.15, -0.1) is 0 Å². The number of likely N-dealkylation sites (N-methyl/N-ethyl adjacent to an activating group) is 1. The van der Waals surface area contributed by atoms with Crippen molar-refractivity contribution >= 4 is 29.7 Å². The molecule has 2 unspecified atom stereocenters. The molecule has 0 fully saturated rings. The fourth-order valence-corrected chi connectivity index (χ4v) is 4.88. The van der Waals surface area contributed by atoms with Gasteiger partial charge in [0.2, 0.25) is 0 Å². The van der Waals surface area contributed by atoms with E-state index in [1.165, 1.54) is 69.3 Å². The number of hydrogen-bond acceptors (Lipinski definition) is 6. The summed E-state index contributed by atoms with van der Waals surface area (Å²) >= 11 is 1.39. The standard InChI is InChI=1S/C27H50N2O5S.2Na/c1-20(2)10-7-11-21(3)12-8-13-22(4)14-9-15-23(5)16-17-35-19-24(26(32)33)28-27(34)29(6)18-25(30)31;;/h16,20-22,24H,7-15,17-19H2,1-6H3,(H,28,34)(H,30,31)(H,32,33);;/q;2*+1/p-2/b23-16+;;/t21?,22?,24-;;/m0../s1. The monoisotopic (exact) mass is 558 g/mol. The summed E-state index contributed by atoms with van der Waals surface area (Å²) in [6, 6.07) is -1.98. The number of carbonyl (C=O) groups excluding carboxylic acids is 3. The van der Waals surface area contributed by atoms with Crippen LogP contribution in [0, 0.1) is 17.8 Å². The van der Waals surface area contributed by atoms with Crippen molar-refractivity contribution in [2.24, 2.45) is 17.8 Å². The zero-order valence-electron chi connectivity index (χ0n) is 24.8. The van der Waals surface area contributed by atoms with Crippen LogP contribution in [-0.4, -0.2) is 54.0 Å².